The maximum atomic E-state index is 12.4. The summed E-state index contributed by atoms with van der Waals surface area (Å²) in [6.07, 6.45) is 11.1. The molecule has 0 radical (unpaired) electrons. The Bertz CT molecular complexity index is 923. The van der Waals surface area contributed by atoms with Crippen LogP contribution in [0, 0.1) is 0 Å². The Morgan fingerprint density at radius 2 is 1.79 bits per heavy atom. The number of rotatable bonds is 8. The fourth-order valence-electron chi connectivity index (χ4n) is 3.12. The van der Waals surface area contributed by atoms with Crippen LogP contribution in [0.4, 0.5) is 0 Å². The average molecular weight is 400 g/mol. The molecule has 1 aliphatic rings. The lowest BCUT2D eigenvalue weighted by atomic mass is 9.97. The van der Waals surface area contributed by atoms with Gasteiger partial charge in [0.2, 0.25) is 10.0 Å². The van der Waals surface area contributed by atoms with Gasteiger partial charge < -0.3 is 5.32 Å². The van der Waals surface area contributed by atoms with Crippen molar-refractivity contribution in [3.05, 3.63) is 71.6 Å². The third-order valence-corrected chi connectivity index (χ3v) is 6.18. The predicted octanol–water partition coefficient (Wildman–Crippen LogP) is 3.18. The molecule has 0 saturated carbocycles. The van der Waals surface area contributed by atoms with E-state index >= 15 is 0 Å². The maximum absolute atomic E-state index is 12.4. The van der Waals surface area contributed by atoms with Gasteiger partial charge in [0.25, 0.3) is 5.91 Å². The number of carbonyl (C=O) groups is 1. The van der Waals surface area contributed by atoms with Crippen LogP contribution < -0.4 is 10.0 Å². The van der Waals surface area contributed by atoms with Gasteiger partial charge in [-0.15, -0.1) is 0 Å². The van der Waals surface area contributed by atoms with Crippen molar-refractivity contribution in [2.24, 2.45) is 0 Å². The van der Waals surface area contributed by atoms with Crippen molar-refractivity contribution in [2.75, 3.05) is 6.54 Å². The molecule has 0 bridgehead atoms. The lowest BCUT2D eigenvalue weighted by Crippen LogP contribution is -2.25. The van der Waals surface area contributed by atoms with Gasteiger partial charge in [0, 0.05) is 31.0 Å². The zero-order valence-corrected chi connectivity index (χ0v) is 16.5. The normalized spacial score (nSPS) is 14.4. The molecule has 0 aliphatic heterocycles. The Labute approximate surface area is 166 Å². The van der Waals surface area contributed by atoms with Gasteiger partial charge in [-0.1, -0.05) is 11.6 Å². The van der Waals surface area contributed by atoms with Crippen molar-refractivity contribution >= 4 is 15.9 Å². The molecule has 0 spiro atoms. The second-order valence-corrected chi connectivity index (χ2v) is 8.59. The Hall–Kier alpha value is -2.51. The third kappa shape index (κ3) is 5.74. The van der Waals surface area contributed by atoms with E-state index < -0.39 is 10.0 Å². The molecule has 1 aromatic heterocycles. The molecule has 1 aromatic carbocycles. The summed E-state index contributed by atoms with van der Waals surface area (Å²) < 4.78 is 27.3. The molecule has 1 aliphatic carbocycles. The number of allylic oxidation sites excluding steroid dienone is 1. The molecule has 0 unspecified atom stereocenters. The summed E-state index contributed by atoms with van der Waals surface area (Å²) >= 11 is 0. The van der Waals surface area contributed by atoms with Crippen LogP contribution in [-0.4, -0.2) is 25.9 Å². The van der Waals surface area contributed by atoms with Crippen molar-refractivity contribution in [3.8, 4) is 0 Å². The number of nitrogens with one attached hydrogen (secondary N) is 2. The van der Waals surface area contributed by atoms with Crippen LogP contribution in [0.3, 0.4) is 0 Å². The van der Waals surface area contributed by atoms with Crippen LogP contribution in [0.5, 0.6) is 0 Å². The van der Waals surface area contributed by atoms with Gasteiger partial charge in [-0.2, -0.15) is 0 Å². The Morgan fingerprint density at radius 3 is 2.46 bits per heavy atom. The number of benzene rings is 1. The minimum absolute atomic E-state index is 0.130. The van der Waals surface area contributed by atoms with E-state index in [9.17, 15) is 13.2 Å². The largest absolute Gasteiger partial charge is 0.352 e. The van der Waals surface area contributed by atoms with E-state index in [0.29, 0.717) is 12.1 Å². The van der Waals surface area contributed by atoms with E-state index in [0.717, 1.165) is 24.8 Å². The predicted molar refractivity (Wildman–Crippen MR) is 108 cm³/mol. The van der Waals surface area contributed by atoms with Crippen LogP contribution in [0.25, 0.3) is 0 Å². The van der Waals surface area contributed by atoms with E-state index in [-0.39, 0.29) is 17.3 Å². The number of carbonyl (C=O) groups excluding carboxylic acids is 1. The summed E-state index contributed by atoms with van der Waals surface area (Å²) in [5, 5.41) is 2.90. The zero-order valence-electron chi connectivity index (χ0n) is 15.7. The number of aromatic nitrogens is 1. The first-order valence-electron chi connectivity index (χ1n) is 9.49. The second-order valence-electron chi connectivity index (χ2n) is 6.82. The highest BCUT2D eigenvalue weighted by molar-refractivity contribution is 7.89. The molecule has 28 heavy (non-hydrogen) atoms. The smallest absolute Gasteiger partial charge is 0.251 e. The molecule has 1 amide bonds. The highest BCUT2D eigenvalue weighted by atomic mass is 32.2. The van der Waals surface area contributed by atoms with Gasteiger partial charge in [0.05, 0.1) is 4.90 Å². The first-order chi connectivity index (χ1) is 13.5. The molecule has 7 heteroatoms. The van der Waals surface area contributed by atoms with Gasteiger partial charge in [-0.05, 0) is 74.1 Å². The van der Waals surface area contributed by atoms with Gasteiger partial charge >= 0.3 is 0 Å². The third-order valence-electron chi connectivity index (χ3n) is 4.76. The topological polar surface area (TPSA) is 88.2 Å². The number of amides is 1. The molecular formula is C21H25N3O3S. The van der Waals surface area contributed by atoms with E-state index in [4.69, 9.17) is 0 Å². The molecule has 2 N–H and O–H groups in total. The fourth-order valence-corrected chi connectivity index (χ4v) is 4.14. The number of nitrogens with zero attached hydrogens (tertiary/aromatic N) is 1. The molecule has 0 saturated heterocycles. The first-order valence-corrected chi connectivity index (χ1v) is 11.0. The number of hydrogen-bond acceptors (Lipinski definition) is 4. The van der Waals surface area contributed by atoms with E-state index in [1.54, 1.807) is 24.5 Å². The molecule has 6 nitrogen and oxygen atoms in total. The van der Waals surface area contributed by atoms with Gasteiger partial charge in [-0.3, -0.25) is 9.78 Å². The van der Waals surface area contributed by atoms with Crippen LogP contribution in [-0.2, 0) is 16.6 Å². The second kappa shape index (κ2) is 9.61. The maximum Gasteiger partial charge on any atom is 0.251 e. The van der Waals surface area contributed by atoms with E-state index in [1.165, 1.54) is 42.7 Å². The van der Waals surface area contributed by atoms with Gasteiger partial charge in [-0.25, -0.2) is 13.1 Å². The fraction of sp³-hybridized carbons (Fsp3) is 0.333. The Kier molecular flexibility index (Phi) is 6.95. The standard InChI is InChI=1S/C21H25N3O3S/c25-21(23-15-12-17-4-2-1-3-5-17)19-6-8-20(9-7-19)28(26,27)24-16-18-10-13-22-14-11-18/h4,6-11,13-14,24H,1-3,5,12,15-16H2,(H,23,25). The lowest BCUT2D eigenvalue weighted by molar-refractivity contribution is 0.0954. The highest BCUT2D eigenvalue weighted by Crippen LogP contribution is 2.19. The van der Waals surface area contributed by atoms with Gasteiger partial charge in [0.1, 0.15) is 0 Å². The lowest BCUT2D eigenvalue weighted by Gasteiger charge is -2.13. The van der Waals surface area contributed by atoms with Gasteiger partial charge in [0.15, 0.2) is 0 Å². The summed E-state index contributed by atoms with van der Waals surface area (Å²) in [5.74, 6) is -0.190. The van der Waals surface area contributed by atoms with Crippen molar-refractivity contribution in [1.29, 1.82) is 0 Å². The van der Waals surface area contributed by atoms with E-state index in [1.807, 2.05) is 0 Å². The first kappa shape index (κ1) is 20.2. The Morgan fingerprint density at radius 1 is 1.04 bits per heavy atom. The summed E-state index contributed by atoms with van der Waals surface area (Å²) in [6.45, 7) is 0.779. The monoisotopic (exact) mass is 399 g/mol. The minimum atomic E-state index is -3.64. The zero-order chi connectivity index (χ0) is 19.8. The number of pyridine rings is 1. The number of hydrogen-bond donors (Lipinski definition) is 2. The van der Waals surface area contributed by atoms with Crippen molar-refractivity contribution in [1.82, 2.24) is 15.0 Å². The summed E-state index contributed by atoms with van der Waals surface area (Å²) in [4.78, 5) is 16.3. The van der Waals surface area contributed by atoms with Crippen molar-refractivity contribution in [3.63, 3.8) is 0 Å². The summed E-state index contributed by atoms with van der Waals surface area (Å²) in [6, 6.07) is 9.48. The average Bonchev–Trinajstić information content (AvgIpc) is 2.74. The Balaban J connectivity index is 1.53. The van der Waals surface area contributed by atoms with Crippen LogP contribution in [0.2, 0.25) is 0 Å². The molecule has 2 aromatic rings. The molecule has 3 rings (SSSR count). The molecule has 1 heterocycles. The minimum Gasteiger partial charge on any atom is -0.352 e. The van der Waals surface area contributed by atoms with E-state index in [2.05, 4.69) is 21.1 Å². The molecule has 148 valence electrons. The van der Waals surface area contributed by atoms with Crippen molar-refractivity contribution < 1.29 is 13.2 Å². The highest BCUT2D eigenvalue weighted by Gasteiger charge is 2.15. The van der Waals surface area contributed by atoms with Crippen LogP contribution in [0.1, 0.15) is 48.0 Å². The summed E-state index contributed by atoms with van der Waals surface area (Å²) in [5.41, 5.74) is 2.68. The van der Waals surface area contributed by atoms with Crippen LogP contribution in [0.15, 0.2) is 65.3 Å². The molecule has 0 fully saturated rings. The number of sulfonamides is 1. The molecule has 0 atom stereocenters. The van der Waals surface area contributed by atoms with Crippen molar-refractivity contribution in [2.45, 2.75) is 43.5 Å². The van der Waals surface area contributed by atoms with Crippen LogP contribution >= 0.6 is 0 Å². The molecular weight excluding hydrogens is 374 g/mol. The summed E-state index contributed by atoms with van der Waals surface area (Å²) in [7, 11) is -3.64. The SMILES string of the molecule is O=C(NCCC1=CCCCC1)c1ccc(S(=O)(=O)NCc2ccncc2)cc1. The quantitative estimate of drug-likeness (QED) is 0.668.